The smallest absolute Gasteiger partial charge is 0.230 e. The Kier molecular flexibility index (Phi) is 6.34. The summed E-state index contributed by atoms with van der Waals surface area (Å²) >= 11 is 1.36. The summed E-state index contributed by atoms with van der Waals surface area (Å²) in [5.41, 5.74) is 4.09. The fourth-order valence-corrected chi connectivity index (χ4v) is 5.90. The highest BCUT2D eigenvalue weighted by Gasteiger charge is 2.23. The van der Waals surface area contributed by atoms with E-state index >= 15 is 0 Å². The number of nitrogens with zero attached hydrogens (tertiary/aromatic N) is 2. The van der Waals surface area contributed by atoms with Gasteiger partial charge in [0, 0.05) is 23.9 Å². The lowest BCUT2D eigenvalue weighted by molar-refractivity contribution is -0.118. The molecule has 0 saturated heterocycles. The highest BCUT2D eigenvalue weighted by atomic mass is 32.2. The molecule has 3 aromatic rings. The van der Waals surface area contributed by atoms with Crippen molar-refractivity contribution < 1.29 is 13.2 Å². The molecule has 31 heavy (non-hydrogen) atoms. The molecule has 0 spiro atoms. The van der Waals surface area contributed by atoms with Crippen molar-refractivity contribution in [2.75, 3.05) is 17.2 Å². The second-order valence-electron chi connectivity index (χ2n) is 7.53. The Hall–Kier alpha value is -2.77. The van der Waals surface area contributed by atoms with Crippen molar-refractivity contribution in [2.24, 2.45) is 0 Å². The van der Waals surface area contributed by atoms with E-state index in [4.69, 9.17) is 0 Å². The summed E-state index contributed by atoms with van der Waals surface area (Å²) in [6, 6.07) is 15.1. The Balaban J connectivity index is 1.48. The number of sulfone groups is 1. The molecular weight excluding hydrogens is 428 g/mol. The van der Waals surface area contributed by atoms with E-state index in [0.29, 0.717) is 10.0 Å². The lowest BCUT2D eigenvalue weighted by Crippen LogP contribution is -2.32. The molecule has 160 valence electrons. The van der Waals surface area contributed by atoms with Crippen molar-refractivity contribution in [2.45, 2.75) is 30.6 Å². The molecule has 7 heteroatoms. The number of carbonyl (C=O) groups excluding carboxylic acids is 1. The molecule has 1 aliphatic carbocycles. The second kappa shape index (κ2) is 9.16. The molecule has 4 rings (SSSR count). The lowest BCUT2D eigenvalue weighted by atomic mass is 10.1. The van der Waals surface area contributed by atoms with Crippen LogP contribution >= 0.6 is 11.3 Å². The fraction of sp³-hybridized carbons (Fsp3) is 0.250. The van der Waals surface area contributed by atoms with Crippen molar-refractivity contribution in [3.63, 3.8) is 0 Å². The maximum Gasteiger partial charge on any atom is 0.230 e. The van der Waals surface area contributed by atoms with Crippen molar-refractivity contribution in [3.05, 3.63) is 77.7 Å². The average Bonchev–Trinajstić information content (AvgIpc) is 3.45. The zero-order valence-electron chi connectivity index (χ0n) is 17.2. The second-order valence-corrected chi connectivity index (χ2v) is 10.5. The van der Waals surface area contributed by atoms with Crippen molar-refractivity contribution in [1.29, 1.82) is 0 Å². The van der Waals surface area contributed by atoms with E-state index in [0.717, 1.165) is 36.1 Å². The molecule has 5 nitrogen and oxygen atoms in total. The van der Waals surface area contributed by atoms with Gasteiger partial charge < -0.3 is 0 Å². The van der Waals surface area contributed by atoms with Gasteiger partial charge >= 0.3 is 0 Å². The quantitative estimate of drug-likeness (QED) is 0.465. The van der Waals surface area contributed by atoms with Gasteiger partial charge in [-0.25, -0.2) is 13.4 Å². The Bertz CT molecular complexity index is 1200. The van der Waals surface area contributed by atoms with Crippen LogP contribution in [0.1, 0.15) is 24.0 Å². The zero-order valence-corrected chi connectivity index (χ0v) is 18.8. The highest BCUT2D eigenvalue weighted by Crippen LogP contribution is 2.29. The van der Waals surface area contributed by atoms with Crippen LogP contribution in [0.3, 0.4) is 0 Å². The molecule has 0 unspecified atom stereocenters. The van der Waals surface area contributed by atoms with E-state index in [2.05, 4.69) is 11.6 Å². The third kappa shape index (κ3) is 4.78. The fourth-order valence-electron chi connectivity index (χ4n) is 3.76. The van der Waals surface area contributed by atoms with E-state index in [9.17, 15) is 13.2 Å². The molecular formula is C24H24N2O3S2. The van der Waals surface area contributed by atoms with Gasteiger partial charge in [-0.1, -0.05) is 42.5 Å². The number of anilines is 1. The summed E-state index contributed by atoms with van der Waals surface area (Å²) in [5, 5.41) is 2.44. The van der Waals surface area contributed by atoms with Crippen LogP contribution in [0.4, 0.5) is 5.13 Å². The third-order valence-electron chi connectivity index (χ3n) is 5.42. The van der Waals surface area contributed by atoms with E-state index in [1.807, 2.05) is 41.8 Å². The summed E-state index contributed by atoms with van der Waals surface area (Å²) in [6.07, 6.45) is 4.50. The maximum atomic E-state index is 12.9. The van der Waals surface area contributed by atoms with Gasteiger partial charge in [-0.3, -0.25) is 9.69 Å². The van der Waals surface area contributed by atoms with Crippen LogP contribution in [-0.4, -0.2) is 31.6 Å². The molecule has 0 aliphatic heterocycles. The molecule has 0 radical (unpaired) electrons. The van der Waals surface area contributed by atoms with Gasteiger partial charge in [0.1, 0.15) is 0 Å². The summed E-state index contributed by atoms with van der Waals surface area (Å²) in [5.74, 6) is -0.506. The van der Waals surface area contributed by atoms with Gasteiger partial charge in [-0.2, -0.15) is 0 Å². The predicted molar refractivity (Wildman–Crippen MR) is 125 cm³/mol. The summed E-state index contributed by atoms with van der Waals surface area (Å²) < 4.78 is 25.7. The topological polar surface area (TPSA) is 67.3 Å². The first-order valence-corrected chi connectivity index (χ1v) is 12.8. The van der Waals surface area contributed by atoms with Crippen LogP contribution < -0.4 is 4.90 Å². The lowest BCUT2D eigenvalue weighted by Gasteiger charge is -2.18. The van der Waals surface area contributed by atoms with E-state index in [1.54, 1.807) is 18.2 Å². The Morgan fingerprint density at radius 2 is 1.90 bits per heavy atom. The van der Waals surface area contributed by atoms with Crippen molar-refractivity contribution >= 4 is 32.2 Å². The molecule has 2 aromatic carbocycles. The van der Waals surface area contributed by atoms with E-state index < -0.39 is 9.84 Å². The summed E-state index contributed by atoms with van der Waals surface area (Å²) in [6.45, 7) is 4.01. The summed E-state index contributed by atoms with van der Waals surface area (Å²) in [4.78, 5) is 19.3. The van der Waals surface area contributed by atoms with Gasteiger partial charge in [-0.05, 0) is 42.5 Å². The molecule has 0 saturated carbocycles. The normalized spacial score (nSPS) is 13.0. The van der Waals surface area contributed by atoms with Crippen LogP contribution in [0.2, 0.25) is 0 Å². The zero-order chi connectivity index (χ0) is 21.8. The van der Waals surface area contributed by atoms with Crippen molar-refractivity contribution in [1.82, 2.24) is 4.98 Å². The number of fused-ring (bicyclic) bond motifs is 1. The standard InChI is InChI=1S/C24H24N2O3S2/c1-2-14-26(24-25-22(17-30-24)19-7-4-3-5-8-19)23(27)13-15-31(28,29)21-12-11-18-9-6-10-20(18)16-21/h2-5,7-8,11-12,16-17H,1,6,9-10,13-15H2. The van der Waals surface area contributed by atoms with Gasteiger partial charge in [0.2, 0.25) is 5.91 Å². The number of rotatable bonds is 8. The van der Waals surface area contributed by atoms with Crippen LogP contribution in [0.5, 0.6) is 0 Å². The Morgan fingerprint density at radius 1 is 1.13 bits per heavy atom. The minimum atomic E-state index is -3.54. The monoisotopic (exact) mass is 452 g/mol. The first kappa shape index (κ1) is 21.5. The van der Waals surface area contributed by atoms with Crippen LogP contribution in [0, 0.1) is 0 Å². The van der Waals surface area contributed by atoms with Gasteiger partial charge in [0.05, 0.1) is 16.3 Å². The number of aromatic nitrogens is 1. The largest absolute Gasteiger partial charge is 0.284 e. The van der Waals surface area contributed by atoms with Gasteiger partial charge in [0.15, 0.2) is 15.0 Å². The summed E-state index contributed by atoms with van der Waals surface area (Å²) in [7, 11) is -3.54. The SMILES string of the molecule is C=CCN(C(=O)CCS(=O)(=O)c1ccc2c(c1)CCC2)c1nc(-c2ccccc2)cs1. The number of carbonyl (C=O) groups is 1. The number of aryl methyl sites for hydroxylation is 2. The van der Waals surface area contributed by atoms with Crippen molar-refractivity contribution in [3.8, 4) is 11.3 Å². The van der Waals surface area contributed by atoms with Gasteiger partial charge in [0.25, 0.3) is 0 Å². The molecule has 0 bridgehead atoms. The van der Waals surface area contributed by atoms with E-state index in [1.165, 1.54) is 21.8 Å². The Labute approximate surface area is 187 Å². The first-order valence-electron chi connectivity index (χ1n) is 10.2. The third-order valence-corrected chi connectivity index (χ3v) is 8.00. The van der Waals surface area contributed by atoms with Crippen LogP contribution in [0.25, 0.3) is 11.3 Å². The molecule has 1 heterocycles. The number of amides is 1. The average molecular weight is 453 g/mol. The number of thiazole rings is 1. The molecule has 0 N–H and O–H groups in total. The number of hydrogen-bond acceptors (Lipinski definition) is 5. The molecule has 0 atom stereocenters. The van der Waals surface area contributed by atoms with Crippen LogP contribution in [0.15, 0.2) is 71.5 Å². The first-order chi connectivity index (χ1) is 15.0. The molecule has 1 amide bonds. The molecule has 0 fully saturated rings. The predicted octanol–water partition coefficient (Wildman–Crippen LogP) is 4.68. The minimum absolute atomic E-state index is 0.104. The molecule has 1 aliphatic rings. The number of hydrogen-bond donors (Lipinski definition) is 0. The minimum Gasteiger partial charge on any atom is -0.284 e. The maximum absolute atomic E-state index is 12.9. The van der Waals surface area contributed by atoms with E-state index in [-0.39, 0.29) is 24.6 Å². The highest BCUT2D eigenvalue weighted by molar-refractivity contribution is 7.91. The number of benzene rings is 2. The Morgan fingerprint density at radius 3 is 2.68 bits per heavy atom. The van der Waals surface area contributed by atoms with Gasteiger partial charge in [-0.15, -0.1) is 17.9 Å². The molecule has 1 aromatic heterocycles. The van der Waals surface area contributed by atoms with Crippen LogP contribution in [-0.2, 0) is 27.5 Å².